The molecule has 1 fully saturated rings. The van der Waals surface area contributed by atoms with Gasteiger partial charge in [0, 0.05) is 29.8 Å². The van der Waals surface area contributed by atoms with Crippen molar-refractivity contribution in [1.29, 1.82) is 0 Å². The summed E-state index contributed by atoms with van der Waals surface area (Å²) in [6, 6.07) is 10.9. The Labute approximate surface area is 192 Å². The molecule has 0 spiro atoms. The first-order valence-electron chi connectivity index (χ1n) is 10.1. The molecule has 2 aromatic carbocycles. The quantitative estimate of drug-likeness (QED) is 0.325. The lowest BCUT2D eigenvalue weighted by Crippen LogP contribution is -2.35. The van der Waals surface area contributed by atoms with Gasteiger partial charge in [-0.2, -0.15) is 4.31 Å². The zero-order valence-corrected chi connectivity index (χ0v) is 19.2. The summed E-state index contributed by atoms with van der Waals surface area (Å²) in [6.45, 7) is 0.529. The Morgan fingerprint density at radius 2 is 1.75 bits per heavy atom. The third kappa shape index (κ3) is 5.97. The number of Topliss-reactive ketones (excluding diaryl/α,β-unsaturated/α-hetero) is 1. The van der Waals surface area contributed by atoms with E-state index in [9.17, 15) is 18.0 Å². The van der Waals surface area contributed by atoms with E-state index >= 15 is 0 Å². The molecule has 1 aliphatic rings. The van der Waals surface area contributed by atoms with Crippen LogP contribution in [0.2, 0.25) is 5.02 Å². The largest absolute Gasteiger partial charge is 0.495 e. The number of piperidine rings is 1. The first kappa shape index (κ1) is 24.0. The molecule has 1 aliphatic heterocycles. The number of hydrogen-bond acceptors (Lipinski definition) is 6. The zero-order valence-electron chi connectivity index (χ0n) is 17.6. The molecule has 9 heteroatoms. The van der Waals surface area contributed by atoms with E-state index in [1.54, 1.807) is 36.4 Å². The molecule has 0 bridgehead atoms. The average molecular weight is 478 g/mol. The smallest absolute Gasteiger partial charge is 0.331 e. The van der Waals surface area contributed by atoms with Crippen molar-refractivity contribution in [3.63, 3.8) is 0 Å². The van der Waals surface area contributed by atoms with Crippen LogP contribution in [0.15, 0.2) is 53.4 Å². The number of carbonyl (C=O) groups is 2. The van der Waals surface area contributed by atoms with Crippen LogP contribution in [0.5, 0.6) is 5.75 Å². The fourth-order valence-corrected chi connectivity index (χ4v) is 5.14. The lowest BCUT2D eigenvalue weighted by molar-refractivity contribution is -0.136. The average Bonchev–Trinajstić information content (AvgIpc) is 2.82. The van der Waals surface area contributed by atoms with Crippen molar-refractivity contribution < 1.29 is 27.5 Å². The Balaban J connectivity index is 1.68. The van der Waals surface area contributed by atoms with E-state index in [1.807, 2.05) is 0 Å². The number of carbonyl (C=O) groups excluding carboxylic acids is 2. The van der Waals surface area contributed by atoms with Crippen molar-refractivity contribution in [2.75, 3.05) is 26.8 Å². The molecule has 0 aliphatic carbocycles. The normalized spacial score (nSPS) is 14.9. The Bertz CT molecular complexity index is 1110. The number of nitrogens with zero attached hydrogens (tertiary/aromatic N) is 1. The van der Waals surface area contributed by atoms with Gasteiger partial charge in [0.15, 0.2) is 12.4 Å². The van der Waals surface area contributed by atoms with Crippen LogP contribution >= 0.6 is 11.6 Å². The van der Waals surface area contributed by atoms with Crippen molar-refractivity contribution in [1.82, 2.24) is 4.31 Å². The lowest BCUT2D eigenvalue weighted by Gasteiger charge is -2.26. The zero-order chi connectivity index (χ0) is 23.1. The van der Waals surface area contributed by atoms with Crippen LogP contribution in [0.25, 0.3) is 6.08 Å². The maximum absolute atomic E-state index is 13.1. The molecule has 32 heavy (non-hydrogen) atoms. The van der Waals surface area contributed by atoms with Crippen molar-refractivity contribution in [3.8, 4) is 5.75 Å². The van der Waals surface area contributed by atoms with Gasteiger partial charge in [0.1, 0.15) is 10.6 Å². The van der Waals surface area contributed by atoms with Crippen LogP contribution in [0.4, 0.5) is 0 Å². The van der Waals surface area contributed by atoms with Gasteiger partial charge >= 0.3 is 5.97 Å². The number of sulfonamides is 1. The summed E-state index contributed by atoms with van der Waals surface area (Å²) in [4.78, 5) is 24.2. The van der Waals surface area contributed by atoms with Crippen LogP contribution in [0.3, 0.4) is 0 Å². The Kier molecular flexibility index (Phi) is 8.06. The Hall–Kier alpha value is -2.68. The molecule has 0 amide bonds. The van der Waals surface area contributed by atoms with E-state index in [1.165, 1.54) is 23.6 Å². The Morgan fingerprint density at radius 1 is 1.06 bits per heavy atom. The number of ketones is 1. The minimum absolute atomic E-state index is 0.0512. The first-order valence-corrected chi connectivity index (χ1v) is 11.9. The van der Waals surface area contributed by atoms with Gasteiger partial charge in [0.2, 0.25) is 10.0 Å². The van der Waals surface area contributed by atoms with Crippen molar-refractivity contribution in [2.24, 2.45) is 0 Å². The Morgan fingerprint density at radius 3 is 2.41 bits per heavy atom. The minimum atomic E-state index is -3.72. The number of benzene rings is 2. The molecule has 170 valence electrons. The molecule has 2 aromatic rings. The maximum Gasteiger partial charge on any atom is 0.331 e. The second-order valence-electron chi connectivity index (χ2n) is 7.25. The van der Waals surface area contributed by atoms with Crippen LogP contribution in [-0.4, -0.2) is 51.3 Å². The predicted molar refractivity (Wildman–Crippen MR) is 121 cm³/mol. The summed E-state index contributed by atoms with van der Waals surface area (Å²) in [5, 5.41) is 0.502. The van der Waals surface area contributed by atoms with Gasteiger partial charge < -0.3 is 9.47 Å². The molecular weight excluding hydrogens is 454 g/mol. The van der Waals surface area contributed by atoms with Gasteiger partial charge in [0.05, 0.1) is 7.11 Å². The summed E-state index contributed by atoms with van der Waals surface area (Å²) >= 11 is 5.79. The third-order valence-corrected chi connectivity index (χ3v) is 7.22. The molecule has 0 atom stereocenters. The van der Waals surface area contributed by atoms with E-state index in [0.717, 1.165) is 25.3 Å². The number of hydrogen-bond donors (Lipinski definition) is 0. The van der Waals surface area contributed by atoms with Gasteiger partial charge in [-0.05, 0) is 60.9 Å². The van der Waals surface area contributed by atoms with Crippen LogP contribution in [0, 0.1) is 0 Å². The van der Waals surface area contributed by atoms with Gasteiger partial charge in [-0.1, -0.05) is 24.1 Å². The molecule has 7 nitrogen and oxygen atoms in total. The van der Waals surface area contributed by atoms with Crippen LogP contribution in [-0.2, 0) is 19.6 Å². The van der Waals surface area contributed by atoms with E-state index in [-0.39, 0.29) is 16.4 Å². The van der Waals surface area contributed by atoms with Crippen molar-refractivity contribution in [3.05, 3.63) is 64.7 Å². The monoisotopic (exact) mass is 477 g/mol. The minimum Gasteiger partial charge on any atom is -0.495 e. The van der Waals surface area contributed by atoms with Gasteiger partial charge in [-0.15, -0.1) is 0 Å². The van der Waals surface area contributed by atoms with Crippen LogP contribution in [0.1, 0.15) is 35.2 Å². The highest BCUT2D eigenvalue weighted by atomic mass is 35.5. The molecule has 3 rings (SSSR count). The molecule has 0 N–H and O–H groups in total. The van der Waals surface area contributed by atoms with Gasteiger partial charge in [0.25, 0.3) is 0 Å². The van der Waals surface area contributed by atoms with Crippen molar-refractivity contribution >= 4 is 39.5 Å². The lowest BCUT2D eigenvalue weighted by atomic mass is 10.1. The SMILES string of the molecule is COc1ccc(/C=C/C(=O)OCC(=O)c2ccc(Cl)cc2)cc1S(=O)(=O)N1CCCCC1. The molecule has 0 saturated carbocycles. The number of methoxy groups -OCH3 is 1. The molecule has 0 unspecified atom stereocenters. The molecular formula is C23H24ClNO6S. The van der Waals surface area contributed by atoms with Crippen LogP contribution < -0.4 is 4.74 Å². The van der Waals surface area contributed by atoms with E-state index in [0.29, 0.717) is 29.2 Å². The second-order valence-corrected chi connectivity index (χ2v) is 9.59. The fraction of sp³-hybridized carbons (Fsp3) is 0.304. The van der Waals surface area contributed by atoms with E-state index in [4.69, 9.17) is 21.1 Å². The second kappa shape index (κ2) is 10.8. The topological polar surface area (TPSA) is 90.0 Å². The standard InChI is InChI=1S/C23H24ClNO6S/c1-30-21-11-5-17(15-22(21)32(28,29)25-13-3-2-4-14-25)6-12-23(27)31-16-20(26)18-7-9-19(24)10-8-18/h5-12,15H,2-4,13-14,16H2,1H3/b12-6+. The summed E-state index contributed by atoms with van der Waals surface area (Å²) in [6.07, 6.45) is 5.23. The predicted octanol–water partition coefficient (Wildman–Crippen LogP) is 3.96. The number of halogens is 1. The molecule has 1 saturated heterocycles. The van der Waals surface area contributed by atoms with Gasteiger partial charge in [-0.25, -0.2) is 13.2 Å². The molecule has 0 aromatic heterocycles. The highest BCUT2D eigenvalue weighted by Gasteiger charge is 2.29. The summed E-state index contributed by atoms with van der Waals surface area (Å²) < 4.78 is 37.8. The van der Waals surface area contributed by atoms with E-state index < -0.39 is 22.6 Å². The van der Waals surface area contributed by atoms with E-state index in [2.05, 4.69) is 0 Å². The number of rotatable bonds is 8. The first-order chi connectivity index (χ1) is 15.3. The third-order valence-electron chi connectivity index (χ3n) is 5.04. The maximum atomic E-state index is 13.1. The summed E-state index contributed by atoms with van der Waals surface area (Å²) in [7, 11) is -2.31. The summed E-state index contributed by atoms with van der Waals surface area (Å²) in [5.41, 5.74) is 0.872. The molecule has 1 heterocycles. The highest BCUT2D eigenvalue weighted by Crippen LogP contribution is 2.30. The number of ether oxygens (including phenoxy) is 2. The van der Waals surface area contributed by atoms with Crippen molar-refractivity contribution in [2.45, 2.75) is 24.2 Å². The van der Waals surface area contributed by atoms with Gasteiger partial charge in [-0.3, -0.25) is 4.79 Å². The fourth-order valence-electron chi connectivity index (χ4n) is 3.31. The summed E-state index contributed by atoms with van der Waals surface area (Å²) in [5.74, 6) is -0.838. The molecule has 0 radical (unpaired) electrons. The highest BCUT2D eigenvalue weighted by molar-refractivity contribution is 7.89. The number of esters is 1.